The predicted octanol–water partition coefficient (Wildman–Crippen LogP) is 2.01. The van der Waals surface area contributed by atoms with Gasteiger partial charge in [0.25, 0.3) is 5.69 Å². The average molecular weight is 340 g/mol. The fourth-order valence-corrected chi connectivity index (χ4v) is 1.86. The van der Waals surface area contributed by atoms with E-state index in [1.807, 2.05) is 0 Å². The lowest BCUT2D eigenvalue weighted by Gasteiger charge is -2.06. The number of nitrogen functional groups attached to an aromatic ring is 1. The van der Waals surface area contributed by atoms with Gasteiger partial charge in [-0.2, -0.15) is 0 Å². The highest BCUT2D eigenvalue weighted by atomic mass is 79.9. The first kappa shape index (κ1) is 14.2. The number of nitrogens with zero attached hydrogens (tertiary/aromatic N) is 3. The molecule has 0 radical (unpaired) electrons. The summed E-state index contributed by atoms with van der Waals surface area (Å²) in [7, 11) is 0. The van der Waals surface area contributed by atoms with Crippen LogP contribution in [-0.2, 0) is 6.61 Å². The molecule has 2 rings (SSSR count). The Kier molecular flexibility index (Phi) is 4.43. The van der Waals surface area contributed by atoms with Gasteiger partial charge >= 0.3 is 0 Å². The molecule has 0 saturated carbocycles. The molecule has 2 aromatic rings. The number of nitrogens with one attached hydrogen (secondary N) is 1. The van der Waals surface area contributed by atoms with Crippen LogP contribution in [0.3, 0.4) is 0 Å². The van der Waals surface area contributed by atoms with Crippen LogP contribution in [0.15, 0.2) is 35.1 Å². The zero-order chi connectivity index (χ0) is 14.5. The van der Waals surface area contributed by atoms with E-state index in [0.717, 1.165) is 0 Å². The maximum atomic E-state index is 10.7. The molecule has 1 heterocycles. The lowest BCUT2D eigenvalue weighted by Crippen LogP contribution is -2.09. The number of hydrogen-bond acceptors (Lipinski definition) is 7. The Morgan fingerprint density at radius 1 is 1.35 bits per heavy atom. The number of non-ortho nitro benzene ring substituents is 1. The summed E-state index contributed by atoms with van der Waals surface area (Å²) in [6.07, 6.45) is 2.96. The standard InChI is InChI=1S/C11H10BrN5O3/c12-7-1-9(17(18)19)3-10(2-7)20-6-8-4-15-11(16-13)5-14-8/h1-5H,6,13H2,(H,15,16). The molecule has 0 aliphatic carbocycles. The molecule has 0 unspecified atom stereocenters. The van der Waals surface area contributed by atoms with Gasteiger partial charge in [-0.25, -0.2) is 10.8 Å². The van der Waals surface area contributed by atoms with E-state index in [1.165, 1.54) is 24.5 Å². The molecule has 104 valence electrons. The largest absolute Gasteiger partial charge is 0.487 e. The minimum atomic E-state index is -0.487. The van der Waals surface area contributed by atoms with Crippen molar-refractivity contribution in [1.29, 1.82) is 0 Å². The second kappa shape index (κ2) is 6.26. The van der Waals surface area contributed by atoms with Crippen LogP contribution in [0.5, 0.6) is 5.75 Å². The molecule has 0 bridgehead atoms. The summed E-state index contributed by atoms with van der Waals surface area (Å²) in [4.78, 5) is 18.3. The molecule has 0 aliphatic rings. The van der Waals surface area contributed by atoms with Crippen molar-refractivity contribution in [2.24, 2.45) is 5.84 Å². The topological polar surface area (TPSA) is 116 Å². The lowest BCUT2D eigenvalue weighted by molar-refractivity contribution is -0.385. The van der Waals surface area contributed by atoms with Gasteiger partial charge in [0.05, 0.1) is 29.1 Å². The average Bonchev–Trinajstić information content (AvgIpc) is 2.45. The van der Waals surface area contributed by atoms with Crippen molar-refractivity contribution in [1.82, 2.24) is 9.97 Å². The third-order valence-corrected chi connectivity index (χ3v) is 2.76. The predicted molar refractivity (Wildman–Crippen MR) is 75.0 cm³/mol. The van der Waals surface area contributed by atoms with Crippen LogP contribution < -0.4 is 16.0 Å². The number of nitro groups is 1. The number of ether oxygens (including phenoxy) is 1. The van der Waals surface area contributed by atoms with E-state index in [0.29, 0.717) is 21.7 Å². The molecule has 0 spiro atoms. The van der Waals surface area contributed by atoms with Crippen LogP contribution >= 0.6 is 15.9 Å². The molecule has 0 fully saturated rings. The number of hydrogen-bond donors (Lipinski definition) is 2. The lowest BCUT2D eigenvalue weighted by atomic mass is 10.3. The highest BCUT2D eigenvalue weighted by molar-refractivity contribution is 9.10. The summed E-state index contributed by atoms with van der Waals surface area (Å²) < 4.78 is 6.01. The van der Waals surface area contributed by atoms with E-state index >= 15 is 0 Å². The van der Waals surface area contributed by atoms with Crippen LogP contribution in [0, 0.1) is 10.1 Å². The molecule has 1 aromatic heterocycles. The number of hydrazine groups is 1. The molecule has 0 aliphatic heterocycles. The summed E-state index contributed by atoms with van der Waals surface area (Å²) in [5.74, 6) is 5.98. The normalized spacial score (nSPS) is 10.1. The molecule has 0 atom stereocenters. The summed E-state index contributed by atoms with van der Waals surface area (Å²) in [6.45, 7) is 0.144. The smallest absolute Gasteiger partial charge is 0.274 e. The number of rotatable bonds is 5. The summed E-state index contributed by atoms with van der Waals surface area (Å²) in [6, 6.07) is 4.37. The van der Waals surface area contributed by atoms with Gasteiger partial charge in [-0.05, 0) is 6.07 Å². The van der Waals surface area contributed by atoms with Crippen LogP contribution in [0.4, 0.5) is 11.5 Å². The Morgan fingerprint density at radius 3 is 2.75 bits per heavy atom. The zero-order valence-electron chi connectivity index (χ0n) is 10.1. The van der Waals surface area contributed by atoms with E-state index < -0.39 is 4.92 Å². The van der Waals surface area contributed by atoms with Crippen molar-refractivity contribution in [3.05, 3.63) is 50.9 Å². The van der Waals surface area contributed by atoms with Gasteiger partial charge in [0, 0.05) is 10.5 Å². The summed E-state index contributed by atoms with van der Waals surface area (Å²) in [5.41, 5.74) is 2.88. The zero-order valence-corrected chi connectivity index (χ0v) is 11.7. The van der Waals surface area contributed by atoms with Gasteiger partial charge in [-0.3, -0.25) is 15.1 Å². The van der Waals surface area contributed by atoms with Crippen LogP contribution in [-0.4, -0.2) is 14.9 Å². The van der Waals surface area contributed by atoms with E-state index in [4.69, 9.17) is 10.6 Å². The number of halogens is 1. The number of aromatic nitrogens is 2. The Morgan fingerprint density at radius 2 is 2.15 bits per heavy atom. The molecule has 9 heteroatoms. The molecule has 20 heavy (non-hydrogen) atoms. The van der Waals surface area contributed by atoms with Crippen molar-refractivity contribution in [3.8, 4) is 5.75 Å². The van der Waals surface area contributed by atoms with E-state index in [1.54, 1.807) is 6.07 Å². The maximum Gasteiger partial charge on any atom is 0.274 e. The third-order valence-electron chi connectivity index (χ3n) is 2.31. The molecular weight excluding hydrogens is 330 g/mol. The van der Waals surface area contributed by atoms with Gasteiger partial charge in [-0.1, -0.05) is 15.9 Å². The number of nitro benzene ring substituents is 1. The highest BCUT2D eigenvalue weighted by Gasteiger charge is 2.09. The van der Waals surface area contributed by atoms with Crippen molar-refractivity contribution in [2.45, 2.75) is 6.61 Å². The highest BCUT2D eigenvalue weighted by Crippen LogP contribution is 2.26. The van der Waals surface area contributed by atoms with E-state index in [9.17, 15) is 10.1 Å². The first-order valence-electron chi connectivity index (χ1n) is 5.44. The first-order chi connectivity index (χ1) is 9.58. The van der Waals surface area contributed by atoms with Gasteiger partial charge in [0.15, 0.2) is 5.82 Å². The van der Waals surface area contributed by atoms with Crippen LogP contribution in [0.2, 0.25) is 0 Å². The fourth-order valence-electron chi connectivity index (χ4n) is 1.40. The van der Waals surface area contributed by atoms with Gasteiger partial charge in [-0.15, -0.1) is 0 Å². The SMILES string of the molecule is NNc1cnc(COc2cc(Br)cc([N+](=O)[O-])c2)cn1. The number of benzene rings is 1. The second-order valence-corrected chi connectivity index (χ2v) is 4.64. The molecule has 8 nitrogen and oxygen atoms in total. The van der Waals surface area contributed by atoms with Gasteiger partial charge < -0.3 is 10.2 Å². The van der Waals surface area contributed by atoms with Crippen molar-refractivity contribution >= 4 is 27.4 Å². The Labute approximate surface area is 122 Å². The minimum Gasteiger partial charge on any atom is -0.487 e. The van der Waals surface area contributed by atoms with Gasteiger partial charge in [0.2, 0.25) is 0 Å². The quantitative estimate of drug-likeness (QED) is 0.486. The van der Waals surface area contributed by atoms with Crippen LogP contribution in [0.1, 0.15) is 5.69 Å². The summed E-state index contributed by atoms with van der Waals surface area (Å²) in [5, 5.41) is 10.7. The molecule has 1 aromatic carbocycles. The van der Waals surface area contributed by atoms with Crippen molar-refractivity contribution in [2.75, 3.05) is 5.43 Å². The molecular formula is C11H10BrN5O3. The Hall–Kier alpha value is -2.26. The van der Waals surface area contributed by atoms with E-state index in [2.05, 4.69) is 31.3 Å². The van der Waals surface area contributed by atoms with E-state index in [-0.39, 0.29) is 12.3 Å². The first-order valence-corrected chi connectivity index (χ1v) is 6.23. The minimum absolute atomic E-state index is 0.0526. The summed E-state index contributed by atoms with van der Waals surface area (Å²) >= 11 is 3.19. The van der Waals surface area contributed by atoms with Crippen molar-refractivity contribution < 1.29 is 9.66 Å². The third kappa shape index (κ3) is 3.62. The van der Waals surface area contributed by atoms with Crippen LogP contribution in [0.25, 0.3) is 0 Å². The second-order valence-electron chi connectivity index (χ2n) is 3.73. The monoisotopic (exact) mass is 339 g/mol. The Balaban J connectivity index is 2.08. The molecule has 3 N–H and O–H groups in total. The number of nitrogens with two attached hydrogens (primary N) is 1. The van der Waals surface area contributed by atoms with Crippen molar-refractivity contribution in [3.63, 3.8) is 0 Å². The Bertz CT molecular complexity index is 620. The van der Waals surface area contributed by atoms with Gasteiger partial charge in [0.1, 0.15) is 12.4 Å². The maximum absolute atomic E-state index is 10.7. The molecule has 0 saturated heterocycles. The number of anilines is 1. The fraction of sp³-hybridized carbons (Fsp3) is 0.0909. The molecule has 0 amide bonds.